The molecule has 12 heteroatoms. The Morgan fingerprint density at radius 3 is 1.97 bits per heavy atom. The molecule has 0 spiro atoms. The van der Waals surface area contributed by atoms with E-state index in [4.69, 9.17) is 10.8 Å². The van der Waals surface area contributed by atoms with E-state index in [0.717, 1.165) is 0 Å². The number of nitrogens with two attached hydrogens (primary N) is 1. The van der Waals surface area contributed by atoms with Crippen molar-refractivity contribution in [2.24, 2.45) is 5.73 Å². The Balaban J connectivity index is 2.07. The van der Waals surface area contributed by atoms with Crippen molar-refractivity contribution in [2.45, 2.75) is 43.8 Å². The Hall–Kier alpha value is -4.45. The van der Waals surface area contributed by atoms with Crippen LogP contribution in [0.2, 0.25) is 0 Å². The second-order valence-corrected chi connectivity index (χ2v) is 8.34. The monoisotopic (exact) mass is 514 g/mol. The van der Waals surface area contributed by atoms with Gasteiger partial charge < -0.3 is 37.0 Å². The van der Waals surface area contributed by atoms with E-state index in [1.807, 2.05) is 0 Å². The minimum Gasteiger partial charge on any atom is -0.508 e. The third kappa shape index (κ3) is 10.4. The summed E-state index contributed by atoms with van der Waals surface area (Å²) in [5.41, 5.74) is 6.88. The van der Waals surface area contributed by atoms with Gasteiger partial charge in [0.2, 0.25) is 17.7 Å². The van der Waals surface area contributed by atoms with E-state index in [0.29, 0.717) is 11.1 Å². The van der Waals surface area contributed by atoms with Crippen molar-refractivity contribution < 1.29 is 39.3 Å². The number of phenolic OH excluding ortho intramolecular Hbond substituents is 1. The van der Waals surface area contributed by atoms with Gasteiger partial charge in [-0.3, -0.25) is 19.2 Å². The number of hydrogen-bond donors (Lipinski definition) is 7. The fourth-order valence-electron chi connectivity index (χ4n) is 3.35. The van der Waals surface area contributed by atoms with Crippen LogP contribution in [0, 0.1) is 0 Å². The summed E-state index contributed by atoms with van der Waals surface area (Å²) in [5.74, 6) is -4.60. The zero-order valence-corrected chi connectivity index (χ0v) is 19.9. The van der Waals surface area contributed by atoms with E-state index in [1.54, 1.807) is 42.5 Å². The van der Waals surface area contributed by atoms with Gasteiger partial charge >= 0.3 is 11.9 Å². The van der Waals surface area contributed by atoms with Gasteiger partial charge in [-0.15, -0.1) is 0 Å². The van der Waals surface area contributed by atoms with E-state index in [-0.39, 0.29) is 31.4 Å². The van der Waals surface area contributed by atoms with Crippen LogP contribution in [0.1, 0.15) is 24.0 Å². The molecule has 0 radical (unpaired) electrons. The highest BCUT2D eigenvalue weighted by Gasteiger charge is 2.27. The predicted molar refractivity (Wildman–Crippen MR) is 131 cm³/mol. The maximum atomic E-state index is 13.0. The lowest BCUT2D eigenvalue weighted by molar-refractivity contribution is -0.142. The van der Waals surface area contributed by atoms with Crippen LogP contribution in [0.4, 0.5) is 0 Å². The average molecular weight is 515 g/mol. The number of nitrogens with one attached hydrogen (secondary N) is 3. The first-order chi connectivity index (χ1) is 17.5. The average Bonchev–Trinajstić information content (AvgIpc) is 2.86. The molecular weight excluding hydrogens is 484 g/mol. The molecule has 2 aromatic rings. The Morgan fingerprint density at radius 2 is 1.38 bits per heavy atom. The van der Waals surface area contributed by atoms with E-state index in [1.165, 1.54) is 12.1 Å². The molecule has 2 rings (SSSR count). The fourth-order valence-corrected chi connectivity index (χ4v) is 3.35. The fraction of sp³-hybridized carbons (Fsp3) is 0.320. The maximum Gasteiger partial charge on any atom is 0.326 e. The summed E-state index contributed by atoms with van der Waals surface area (Å²) in [5, 5.41) is 35.0. The second-order valence-electron chi connectivity index (χ2n) is 8.34. The van der Waals surface area contributed by atoms with Gasteiger partial charge in [0.05, 0.1) is 12.6 Å². The smallest absolute Gasteiger partial charge is 0.326 e. The van der Waals surface area contributed by atoms with Crippen LogP contribution in [-0.4, -0.2) is 69.7 Å². The molecule has 0 heterocycles. The summed E-state index contributed by atoms with van der Waals surface area (Å²) >= 11 is 0. The summed E-state index contributed by atoms with van der Waals surface area (Å²) in [6.07, 6.45) is -0.441. The lowest BCUT2D eigenvalue weighted by atomic mass is 10.0. The van der Waals surface area contributed by atoms with Crippen LogP contribution >= 0.6 is 0 Å². The predicted octanol–water partition coefficient (Wildman–Crippen LogP) is -0.460. The maximum absolute atomic E-state index is 13.0. The molecule has 0 saturated heterocycles. The number of amides is 3. The molecule has 0 aliphatic carbocycles. The minimum atomic E-state index is -1.26. The molecule has 0 aliphatic rings. The number of carbonyl (C=O) groups excluding carboxylic acids is 3. The first-order valence-corrected chi connectivity index (χ1v) is 11.4. The van der Waals surface area contributed by atoms with E-state index >= 15 is 0 Å². The van der Waals surface area contributed by atoms with Gasteiger partial charge in [-0.25, -0.2) is 4.79 Å². The number of aromatic hydroxyl groups is 1. The first kappa shape index (κ1) is 28.8. The largest absolute Gasteiger partial charge is 0.508 e. The molecular formula is C25H30N4O8. The number of phenols is 1. The quantitative estimate of drug-likeness (QED) is 0.174. The zero-order chi connectivity index (χ0) is 27.4. The number of carboxylic acid groups (broad SMARTS) is 2. The highest BCUT2D eigenvalue weighted by Crippen LogP contribution is 2.12. The topological polar surface area (TPSA) is 208 Å². The van der Waals surface area contributed by atoms with Gasteiger partial charge in [0.1, 0.15) is 17.8 Å². The van der Waals surface area contributed by atoms with Gasteiger partial charge in [0.25, 0.3) is 0 Å². The minimum absolute atomic E-state index is 0.00420. The van der Waals surface area contributed by atoms with Gasteiger partial charge in [0, 0.05) is 19.3 Å². The van der Waals surface area contributed by atoms with Crippen molar-refractivity contribution in [1.29, 1.82) is 0 Å². The third-order valence-electron chi connectivity index (χ3n) is 5.35. The van der Waals surface area contributed by atoms with Gasteiger partial charge in [-0.2, -0.15) is 0 Å². The molecule has 3 unspecified atom stereocenters. The van der Waals surface area contributed by atoms with E-state index in [9.17, 15) is 34.2 Å². The third-order valence-corrected chi connectivity index (χ3v) is 5.35. The highest BCUT2D eigenvalue weighted by molar-refractivity contribution is 5.92. The van der Waals surface area contributed by atoms with Gasteiger partial charge in [-0.1, -0.05) is 42.5 Å². The summed E-state index contributed by atoms with van der Waals surface area (Å²) in [4.78, 5) is 60.0. The van der Waals surface area contributed by atoms with Crippen LogP contribution in [0.25, 0.3) is 0 Å². The Bertz CT molecular complexity index is 1090. The molecule has 0 bridgehead atoms. The first-order valence-electron chi connectivity index (χ1n) is 11.4. The van der Waals surface area contributed by atoms with Crippen molar-refractivity contribution in [3.05, 3.63) is 65.7 Å². The molecule has 8 N–H and O–H groups in total. The molecule has 0 aliphatic heterocycles. The number of rotatable bonds is 14. The van der Waals surface area contributed by atoms with Gasteiger partial charge in [0.15, 0.2) is 0 Å². The van der Waals surface area contributed by atoms with E-state index in [2.05, 4.69) is 16.0 Å². The number of hydrogen-bond acceptors (Lipinski definition) is 7. The normalized spacial score (nSPS) is 13.0. The number of aliphatic carboxylic acids is 2. The molecule has 2 aromatic carbocycles. The standard InChI is InChI=1S/C25H30N4O8/c26-18(10-11-22(32)33)23(34)27-14-21(31)28-19(12-16-6-8-17(30)9-7-16)24(35)29-20(25(36)37)13-15-4-2-1-3-5-15/h1-9,18-20,30H,10-14,26H2,(H,27,34)(H,28,31)(H,29,35)(H,32,33)(H,36,37). The molecule has 3 atom stereocenters. The van der Waals surface area contributed by atoms with Gasteiger partial charge in [-0.05, 0) is 29.7 Å². The molecule has 0 aromatic heterocycles. The number of benzene rings is 2. The van der Waals surface area contributed by atoms with Crippen molar-refractivity contribution >= 4 is 29.7 Å². The molecule has 0 saturated carbocycles. The Kier molecular flexibility index (Phi) is 11.0. The second kappa shape index (κ2) is 14.2. The Labute approximate surface area is 212 Å². The van der Waals surface area contributed by atoms with Crippen molar-refractivity contribution in [3.63, 3.8) is 0 Å². The van der Waals surface area contributed by atoms with Crippen LogP contribution in [-0.2, 0) is 36.8 Å². The van der Waals surface area contributed by atoms with Crippen molar-refractivity contribution in [1.82, 2.24) is 16.0 Å². The molecule has 0 fully saturated rings. The summed E-state index contributed by atoms with van der Waals surface area (Å²) in [6.45, 7) is -0.536. The molecule has 3 amide bonds. The van der Waals surface area contributed by atoms with Crippen LogP contribution in [0.5, 0.6) is 5.75 Å². The number of carbonyl (C=O) groups is 5. The Morgan fingerprint density at radius 1 is 0.784 bits per heavy atom. The summed E-state index contributed by atoms with van der Waals surface area (Å²) < 4.78 is 0. The van der Waals surface area contributed by atoms with Crippen LogP contribution in [0.15, 0.2) is 54.6 Å². The van der Waals surface area contributed by atoms with Crippen LogP contribution < -0.4 is 21.7 Å². The summed E-state index contributed by atoms with van der Waals surface area (Å²) in [6, 6.07) is 11.0. The van der Waals surface area contributed by atoms with Crippen molar-refractivity contribution in [3.8, 4) is 5.75 Å². The lowest BCUT2D eigenvalue weighted by Gasteiger charge is -2.22. The molecule has 37 heavy (non-hydrogen) atoms. The lowest BCUT2D eigenvalue weighted by Crippen LogP contribution is -2.54. The van der Waals surface area contributed by atoms with Crippen LogP contribution in [0.3, 0.4) is 0 Å². The van der Waals surface area contributed by atoms with Crippen molar-refractivity contribution in [2.75, 3.05) is 6.54 Å². The highest BCUT2D eigenvalue weighted by atomic mass is 16.4. The summed E-state index contributed by atoms with van der Waals surface area (Å²) in [7, 11) is 0. The SMILES string of the molecule is NC(CCC(=O)O)C(=O)NCC(=O)NC(Cc1ccc(O)cc1)C(=O)NC(Cc1ccccc1)C(=O)O. The molecule has 12 nitrogen and oxygen atoms in total. The zero-order valence-electron chi connectivity index (χ0n) is 19.9. The number of carboxylic acids is 2. The molecule has 198 valence electrons. The van der Waals surface area contributed by atoms with E-state index < -0.39 is 54.3 Å².